The molecule has 2 aliphatic heterocycles. The van der Waals surface area contributed by atoms with Gasteiger partial charge < -0.3 is 29.5 Å². The van der Waals surface area contributed by atoms with E-state index in [0.717, 1.165) is 63.2 Å². The minimum absolute atomic E-state index is 0.191. The van der Waals surface area contributed by atoms with Gasteiger partial charge in [-0.25, -0.2) is 9.59 Å². The van der Waals surface area contributed by atoms with Gasteiger partial charge in [-0.05, 0) is 58.0 Å². The molecule has 2 atom stereocenters. The number of ether oxygens (including phenoxy) is 2. The number of likely N-dealkylation sites (N-methyl/N-ethyl adjacent to an activating group) is 1. The third kappa shape index (κ3) is 9.70. The van der Waals surface area contributed by atoms with Crippen molar-refractivity contribution in [2.24, 2.45) is 0 Å². The summed E-state index contributed by atoms with van der Waals surface area (Å²) in [5, 5.41) is 3.31. The van der Waals surface area contributed by atoms with E-state index in [2.05, 4.69) is 24.2 Å². The van der Waals surface area contributed by atoms with Crippen molar-refractivity contribution in [1.82, 2.24) is 20.0 Å². The van der Waals surface area contributed by atoms with Crippen LogP contribution in [0.3, 0.4) is 0 Å². The van der Waals surface area contributed by atoms with Crippen molar-refractivity contribution >= 4 is 12.2 Å². The van der Waals surface area contributed by atoms with Crippen LogP contribution in [0, 0.1) is 0 Å². The van der Waals surface area contributed by atoms with Crippen molar-refractivity contribution in [3.05, 3.63) is 71.8 Å². The Kier molecular flexibility index (Phi) is 11.7. The van der Waals surface area contributed by atoms with Gasteiger partial charge in [0, 0.05) is 38.3 Å². The van der Waals surface area contributed by atoms with Gasteiger partial charge in [0.2, 0.25) is 0 Å². The molecule has 0 saturated carbocycles. The fourth-order valence-electron chi connectivity index (χ4n) is 4.54. The smallest absolute Gasteiger partial charge is 0.410 e. The molecule has 8 nitrogen and oxygen atoms in total. The van der Waals surface area contributed by atoms with Gasteiger partial charge in [0.15, 0.2) is 0 Å². The highest BCUT2D eigenvalue weighted by molar-refractivity contribution is 5.68. The molecule has 1 N–H and O–H groups in total. The molecule has 0 aliphatic carbocycles. The first-order valence-electron chi connectivity index (χ1n) is 13.3. The molecule has 2 saturated heterocycles. The van der Waals surface area contributed by atoms with Gasteiger partial charge in [-0.15, -0.1) is 0 Å². The summed E-state index contributed by atoms with van der Waals surface area (Å²) in [5.74, 6) is 0. The van der Waals surface area contributed by atoms with Gasteiger partial charge in [-0.2, -0.15) is 0 Å². The standard InChI is InChI=1S/C15H22N2O2.C14H20N2O2/c1-13-11-16(2)9-6-10-17(13)15(18)19-12-14-7-4-3-5-8-14;1-12-10-15-8-5-9-16(12)14(17)18-11-13-6-3-2-4-7-13/h3-5,7-8,13H,6,9-12H2,1-2H3;2-4,6-7,12,15H,5,8-11H2,1H3/t13-;12-/m00/s1. The molecule has 2 amide bonds. The van der Waals surface area contributed by atoms with E-state index in [-0.39, 0.29) is 24.3 Å². The largest absolute Gasteiger partial charge is 0.445 e. The zero-order valence-corrected chi connectivity index (χ0v) is 22.5. The minimum Gasteiger partial charge on any atom is -0.445 e. The number of amides is 2. The molecule has 8 heteroatoms. The molecule has 2 heterocycles. The molecule has 4 rings (SSSR count). The maximum atomic E-state index is 12.1. The number of carbonyl (C=O) groups excluding carboxylic acids is 2. The van der Waals surface area contributed by atoms with E-state index in [0.29, 0.717) is 13.2 Å². The van der Waals surface area contributed by atoms with Crippen LogP contribution in [-0.4, -0.2) is 85.3 Å². The molecule has 2 fully saturated rings. The monoisotopic (exact) mass is 510 g/mol. The Labute approximate surface area is 221 Å². The van der Waals surface area contributed by atoms with Crippen molar-refractivity contribution in [3.63, 3.8) is 0 Å². The Balaban J connectivity index is 0.000000206. The predicted octanol–water partition coefficient (Wildman–Crippen LogP) is 4.36. The van der Waals surface area contributed by atoms with Gasteiger partial charge >= 0.3 is 12.2 Å². The summed E-state index contributed by atoms with van der Waals surface area (Å²) in [4.78, 5) is 30.0. The van der Waals surface area contributed by atoms with E-state index in [4.69, 9.17) is 9.47 Å². The zero-order valence-electron chi connectivity index (χ0n) is 22.5. The lowest BCUT2D eigenvalue weighted by Crippen LogP contribution is -2.42. The van der Waals surface area contributed by atoms with Crippen molar-refractivity contribution in [1.29, 1.82) is 0 Å². The number of carbonyl (C=O) groups is 2. The highest BCUT2D eigenvalue weighted by Gasteiger charge is 2.25. The molecule has 0 aromatic heterocycles. The SMILES string of the molecule is C[C@H]1CN(C)CCCN1C(=O)OCc1ccccc1.C[C@H]1CNCCCN1C(=O)OCc1ccccc1. The molecule has 2 aromatic carbocycles. The first-order valence-corrected chi connectivity index (χ1v) is 13.3. The van der Waals surface area contributed by atoms with Crippen molar-refractivity contribution in [2.75, 3.05) is 46.3 Å². The molecule has 2 aromatic rings. The third-order valence-electron chi connectivity index (χ3n) is 6.65. The van der Waals surface area contributed by atoms with E-state index in [9.17, 15) is 9.59 Å². The molecule has 0 radical (unpaired) electrons. The van der Waals surface area contributed by atoms with E-state index in [1.54, 1.807) is 0 Å². The Morgan fingerprint density at radius 1 is 0.784 bits per heavy atom. The van der Waals surface area contributed by atoms with Crippen LogP contribution >= 0.6 is 0 Å². The number of nitrogens with one attached hydrogen (secondary N) is 1. The number of benzene rings is 2. The summed E-state index contributed by atoms with van der Waals surface area (Å²) in [6, 6.07) is 19.9. The predicted molar refractivity (Wildman–Crippen MR) is 145 cm³/mol. The summed E-state index contributed by atoms with van der Waals surface area (Å²) in [6.07, 6.45) is 1.56. The zero-order chi connectivity index (χ0) is 26.5. The molecule has 2 aliphatic rings. The fraction of sp³-hybridized carbons (Fsp3) is 0.517. The van der Waals surface area contributed by atoms with Crippen LogP contribution in [0.15, 0.2) is 60.7 Å². The first-order chi connectivity index (χ1) is 17.9. The molecule has 37 heavy (non-hydrogen) atoms. The fourth-order valence-corrected chi connectivity index (χ4v) is 4.54. The lowest BCUT2D eigenvalue weighted by Gasteiger charge is -2.27. The summed E-state index contributed by atoms with van der Waals surface area (Å²) in [6.45, 7) is 10.1. The van der Waals surface area contributed by atoms with E-state index in [1.165, 1.54) is 0 Å². The Morgan fingerprint density at radius 3 is 1.86 bits per heavy atom. The van der Waals surface area contributed by atoms with Crippen LogP contribution in [0.5, 0.6) is 0 Å². The highest BCUT2D eigenvalue weighted by Crippen LogP contribution is 2.12. The summed E-state index contributed by atoms with van der Waals surface area (Å²) >= 11 is 0. The van der Waals surface area contributed by atoms with Crippen molar-refractivity contribution in [3.8, 4) is 0 Å². The van der Waals surface area contributed by atoms with Gasteiger partial charge in [0.25, 0.3) is 0 Å². The van der Waals surface area contributed by atoms with Crippen LogP contribution in [-0.2, 0) is 22.7 Å². The maximum absolute atomic E-state index is 12.1. The summed E-state index contributed by atoms with van der Waals surface area (Å²) < 4.78 is 10.7. The maximum Gasteiger partial charge on any atom is 0.410 e. The number of hydrogen-bond acceptors (Lipinski definition) is 6. The Bertz CT molecular complexity index is 943. The molecule has 0 spiro atoms. The minimum atomic E-state index is -0.213. The molecule has 0 unspecified atom stereocenters. The second-order valence-corrected chi connectivity index (χ2v) is 9.84. The quantitative estimate of drug-likeness (QED) is 0.659. The van der Waals surface area contributed by atoms with Gasteiger partial charge in [0.1, 0.15) is 13.2 Å². The van der Waals surface area contributed by atoms with Crippen molar-refractivity contribution < 1.29 is 19.1 Å². The lowest BCUT2D eigenvalue weighted by atomic mass is 10.2. The Morgan fingerprint density at radius 2 is 1.30 bits per heavy atom. The van der Waals surface area contributed by atoms with E-state index in [1.807, 2.05) is 77.4 Å². The normalized spacial score (nSPS) is 20.6. The second kappa shape index (κ2) is 15.2. The van der Waals surface area contributed by atoms with Crippen LogP contribution in [0.25, 0.3) is 0 Å². The van der Waals surface area contributed by atoms with Gasteiger partial charge in [-0.1, -0.05) is 60.7 Å². The Hall–Kier alpha value is -3.10. The van der Waals surface area contributed by atoms with E-state index < -0.39 is 0 Å². The number of hydrogen-bond donors (Lipinski definition) is 1. The van der Waals surface area contributed by atoms with Crippen LogP contribution in [0.4, 0.5) is 9.59 Å². The summed E-state index contributed by atoms with van der Waals surface area (Å²) in [7, 11) is 2.09. The van der Waals surface area contributed by atoms with Crippen LogP contribution in [0.1, 0.15) is 37.8 Å². The molecule has 0 bridgehead atoms. The molecule has 202 valence electrons. The highest BCUT2D eigenvalue weighted by atomic mass is 16.6. The number of rotatable bonds is 4. The molecular weight excluding hydrogens is 468 g/mol. The van der Waals surface area contributed by atoms with Crippen molar-refractivity contribution in [2.45, 2.75) is 52.0 Å². The first kappa shape index (κ1) is 28.5. The van der Waals surface area contributed by atoms with E-state index >= 15 is 0 Å². The van der Waals surface area contributed by atoms with Gasteiger partial charge in [-0.3, -0.25) is 0 Å². The average Bonchev–Trinajstić information content (AvgIpc) is 3.23. The summed E-state index contributed by atoms with van der Waals surface area (Å²) in [5.41, 5.74) is 2.04. The third-order valence-corrected chi connectivity index (χ3v) is 6.65. The van der Waals surface area contributed by atoms with Crippen LogP contribution in [0.2, 0.25) is 0 Å². The molecular formula is C29H42N4O4. The lowest BCUT2D eigenvalue weighted by molar-refractivity contribution is 0.0836. The topological polar surface area (TPSA) is 74.4 Å². The second-order valence-electron chi connectivity index (χ2n) is 9.84. The van der Waals surface area contributed by atoms with Gasteiger partial charge in [0.05, 0.1) is 0 Å². The average molecular weight is 511 g/mol. The van der Waals surface area contributed by atoms with Crippen LogP contribution < -0.4 is 5.32 Å². The number of nitrogens with zero attached hydrogens (tertiary/aromatic N) is 3.